The van der Waals surface area contributed by atoms with Gasteiger partial charge in [-0.15, -0.1) is 0 Å². The number of halogens is 1. The topological polar surface area (TPSA) is 137 Å². The predicted molar refractivity (Wildman–Crippen MR) is 103 cm³/mol. The molecule has 1 aromatic heterocycles. The normalized spacial score (nSPS) is 13.1. The van der Waals surface area contributed by atoms with Crippen molar-refractivity contribution in [3.05, 3.63) is 27.7 Å². The van der Waals surface area contributed by atoms with Crippen molar-refractivity contribution in [3.63, 3.8) is 0 Å². The van der Waals surface area contributed by atoms with Gasteiger partial charge in [-0.05, 0) is 18.9 Å². The van der Waals surface area contributed by atoms with Crippen molar-refractivity contribution in [3.8, 4) is 5.75 Å². The highest BCUT2D eigenvalue weighted by molar-refractivity contribution is 6.32. The van der Waals surface area contributed by atoms with Crippen LogP contribution in [-0.4, -0.2) is 52.7 Å². The summed E-state index contributed by atoms with van der Waals surface area (Å²) in [7, 11) is 0. The molecule has 0 saturated heterocycles. The molecule has 9 nitrogen and oxygen atoms in total. The Kier molecular flexibility index (Phi) is 7.11. The van der Waals surface area contributed by atoms with Crippen molar-refractivity contribution >= 4 is 28.7 Å². The van der Waals surface area contributed by atoms with Gasteiger partial charge in [0.2, 0.25) is 0 Å². The number of nitrogens with zero attached hydrogens (tertiary/aromatic N) is 1. The first-order valence-electron chi connectivity index (χ1n) is 8.76. The van der Waals surface area contributed by atoms with Gasteiger partial charge >= 0.3 is 11.7 Å². The lowest BCUT2D eigenvalue weighted by Gasteiger charge is -2.24. The molecule has 0 aliphatic rings. The Hall–Kier alpha value is -2.07. The second-order valence-electron chi connectivity index (χ2n) is 7.16. The summed E-state index contributed by atoms with van der Waals surface area (Å²) in [5.41, 5.74) is 4.73. The molecule has 0 spiro atoms. The van der Waals surface area contributed by atoms with Crippen LogP contribution in [-0.2, 0) is 9.53 Å². The van der Waals surface area contributed by atoms with E-state index >= 15 is 0 Å². The molecule has 0 aliphatic heterocycles. The molecule has 10 heteroatoms. The van der Waals surface area contributed by atoms with Gasteiger partial charge in [-0.3, -0.25) is 4.57 Å². The summed E-state index contributed by atoms with van der Waals surface area (Å²) in [5, 5.41) is 18.6. The minimum absolute atomic E-state index is 0.215. The van der Waals surface area contributed by atoms with Gasteiger partial charge in [0.15, 0.2) is 5.58 Å². The van der Waals surface area contributed by atoms with E-state index in [0.29, 0.717) is 17.9 Å². The fraction of sp³-hybridized carbons (Fsp3) is 0.556. The first-order valence-corrected chi connectivity index (χ1v) is 9.14. The highest BCUT2D eigenvalue weighted by Crippen LogP contribution is 2.31. The lowest BCUT2D eigenvalue weighted by atomic mass is 10.1. The minimum atomic E-state index is -1.47. The Morgan fingerprint density at radius 3 is 2.54 bits per heavy atom. The number of rotatable bonds is 9. The number of carbonyl (C=O) groups is 1. The Balaban J connectivity index is 2.28. The molecular weight excluding hydrogens is 392 g/mol. The standard InChI is InChI=1S/C18H25ClN2O7/c1-10(2)6-26-14-5-15-13(4-12(14)19)21(17(25)28-15)11(3)16(24)27-9-18(20,7-22)8-23/h4-5,10-11,22-23H,6-9,20H2,1-3H3. The summed E-state index contributed by atoms with van der Waals surface area (Å²) in [5.74, 6) is -0.888. The molecule has 0 bridgehead atoms. The smallest absolute Gasteiger partial charge is 0.420 e. The zero-order valence-electron chi connectivity index (χ0n) is 16.0. The second-order valence-corrected chi connectivity index (χ2v) is 7.56. The molecule has 0 saturated carbocycles. The third kappa shape index (κ3) is 4.85. The molecule has 1 heterocycles. The van der Waals surface area contributed by atoms with E-state index in [1.54, 1.807) is 0 Å². The van der Waals surface area contributed by atoms with E-state index in [-0.39, 0.29) is 16.5 Å². The van der Waals surface area contributed by atoms with E-state index in [4.69, 9.17) is 41.4 Å². The van der Waals surface area contributed by atoms with Crippen molar-refractivity contribution < 1.29 is 28.9 Å². The van der Waals surface area contributed by atoms with Crippen LogP contribution in [0.5, 0.6) is 5.75 Å². The molecule has 1 atom stereocenters. The number of aliphatic hydroxyl groups is 2. The van der Waals surface area contributed by atoms with E-state index in [1.165, 1.54) is 19.1 Å². The van der Waals surface area contributed by atoms with Crippen LogP contribution in [0.25, 0.3) is 11.1 Å². The number of hydrogen-bond acceptors (Lipinski definition) is 8. The molecule has 0 amide bonds. The number of oxazole rings is 1. The van der Waals surface area contributed by atoms with Crippen LogP contribution < -0.4 is 16.2 Å². The number of hydrogen-bond donors (Lipinski definition) is 3. The van der Waals surface area contributed by atoms with Gasteiger partial charge in [0.05, 0.1) is 35.9 Å². The molecule has 4 N–H and O–H groups in total. The molecule has 2 rings (SSSR count). The van der Waals surface area contributed by atoms with Gasteiger partial charge in [-0.25, -0.2) is 9.59 Å². The SMILES string of the molecule is CC(C)COc1cc2oc(=O)n(C(C)C(=O)OCC(N)(CO)CO)c2cc1Cl. The highest BCUT2D eigenvalue weighted by atomic mass is 35.5. The van der Waals surface area contributed by atoms with E-state index in [2.05, 4.69) is 0 Å². The van der Waals surface area contributed by atoms with E-state index in [9.17, 15) is 9.59 Å². The summed E-state index contributed by atoms with van der Waals surface area (Å²) in [6.45, 7) is 4.30. The summed E-state index contributed by atoms with van der Waals surface area (Å²) in [4.78, 5) is 24.6. The van der Waals surface area contributed by atoms with Gasteiger partial charge in [0.25, 0.3) is 0 Å². The first-order chi connectivity index (χ1) is 13.1. The average Bonchev–Trinajstić information content (AvgIpc) is 2.97. The van der Waals surface area contributed by atoms with Crippen molar-refractivity contribution in [1.82, 2.24) is 4.57 Å². The lowest BCUT2D eigenvalue weighted by molar-refractivity contribution is -0.150. The maximum atomic E-state index is 12.3. The largest absolute Gasteiger partial charge is 0.492 e. The van der Waals surface area contributed by atoms with Gasteiger partial charge in [-0.2, -0.15) is 0 Å². The van der Waals surface area contributed by atoms with Crippen molar-refractivity contribution in [2.45, 2.75) is 32.4 Å². The second kappa shape index (κ2) is 8.95. The number of esters is 1. The first kappa shape index (κ1) is 22.2. The third-order valence-corrected chi connectivity index (χ3v) is 4.39. The number of benzene rings is 1. The van der Waals surface area contributed by atoms with Crippen LogP contribution in [0, 0.1) is 5.92 Å². The Labute approximate surface area is 166 Å². The number of fused-ring (bicyclic) bond motifs is 1. The Bertz CT molecular complexity index is 886. The summed E-state index contributed by atoms with van der Waals surface area (Å²) < 4.78 is 17.0. The highest BCUT2D eigenvalue weighted by Gasteiger charge is 2.29. The van der Waals surface area contributed by atoms with E-state index in [1.807, 2.05) is 13.8 Å². The zero-order valence-corrected chi connectivity index (χ0v) is 16.7. The van der Waals surface area contributed by atoms with E-state index in [0.717, 1.165) is 4.57 Å². The molecule has 0 fully saturated rings. The maximum Gasteiger partial charge on any atom is 0.420 e. The van der Waals surface area contributed by atoms with Gasteiger partial charge in [0, 0.05) is 6.07 Å². The van der Waals surface area contributed by atoms with Crippen LogP contribution in [0.15, 0.2) is 21.3 Å². The molecule has 28 heavy (non-hydrogen) atoms. The third-order valence-electron chi connectivity index (χ3n) is 4.10. The summed E-state index contributed by atoms with van der Waals surface area (Å²) in [6.07, 6.45) is 0. The van der Waals surface area contributed by atoms with Crippen LogP contribution in [0.2, 0.25) is 5.02 Å². The van der Waals surface area contributed by atoms with Crippen molar-refractivity contribution in [2.75, 3.05) is 26.4 Å². The predicted octanol–water partition coefficient (Wildman–Crippen LogP) is 1.07. The molecule has 0 radical (unpaired) electrons. The maximum absolute atomic E-state index is 12.3. The number of aliphatic hydroxyl groups excluding tert-OH is 2. The van der Waals surface area contributed by atoms with Crippen LogP contribution in [0.1, 0.15) is 26.8 Å². The minimum Gasteiger partial charge on any atom is -0.492 e. The molecule has 0 aliphatic carbocycles. The van der Waals surface area contributed by atoms with Crippen LogP contribution >= 0.6 is 11.6 Å². The zero-order chi connectivity index (χ0) is 21.1. The van der Waals surface area contributed by atoms with Crippen molar-refractivity contribution in [1.29, 1.82) is 0 Å². The number of ether oxygens (including phenoxy) is 2. The molecule has 2 aromatic rings. The quantitative estimate of drug-likeness (QED) is 0.516. The summed E-state index contributed by atoms with van der Waals surface area (Å²) in [6, 6.07) is 1.93. The number of nitrogens with two attached hydrogens (primary N) is 1. The fourth-order valence-corrected chi connectivity index (χ4v) is 2.56. The molecular formula is C18H25ClN2O7. The number of aromatic nitrogens is 1. The van der Waals surface area contributed by atoms with Gasteiger partial charge in [-0.1, -0.05) is 25.4 Å². The lowest BCUT2D eigenvalue weighted by Crippen LogP contribution is -2.52. The number of carbonyl (C=O) groups excluding carboxylic acids is 1. The van der Waals surface area contributed by atoms with Crippen molar-refractivity contribution in [2.24, 2.45) is 11.7 Å². The summed E-state index contributed by atoms with van der Waals surface area (Å²) >= 11 is 6.24. The van der Waals surface area contributed by atoms with Gasteiger partial charge in [0.1, 0.15) is 18.4 Å². The van der Waals surface area contributed by atoms with Crippen LogP contribution in [0.4, 0.5) is 0 Å². The monoisotopic (exact) mass is 416 g/mol. The Morgan fingerprint density at radius 2 is 1.96 bits per heavy atom. The average molecular weight is 417 g/mol. The van der Waals surface area contributed by atoms with Gasteiger partial charge < -0.3 is 29.8 Å². The van der Waals surface area contributed by atoms with Crippen LogP contribution in [0.3, 0.4) is 0 Å². The molecule has 1 aromatic carbocycles. The van der Waals surface area contributed by atoms with E-state index < -0.39 is 43.1 Å². The fourth-order valence-electron chi connectivity index (χ4n) is 2.35. The Morgan fingerprint density at radius 1 is 1.32 bits per heavy atom. The molecule has 1 unspecified atom stereocenters. The molecule has 156 valence electrons.